The highest BCUT2D eigenvalue weighted by molar-refractivity contribution is 7.88. The van der Waals surface area contributed by atoms with Crippen LogP contribution in [0.5, 0.6) is 0 Å². The number of piperidine rings is 1. The van der Waals surface area contributed by atoms with Gasteiger partial charge in [0.15, 0.2) is 0 Å². The Morgan fingerprint density at radius 3 is 2.48 bits per heavy atom. The summed E-state index contributed by atoms with van der Waals surface area (Å²) in [5.41, 5.74) is 1.08. The minimum Gasteiger partial charge on any atom is -0.349 e. The lowest BCUT2D eigenvalue weighted by molar-refractivity contribution is -0.127. The first-order valence-electron chi connectivity index (χ1n) is 8.09. The van der Waals surface area contributed by atoms with Gasteiger partial charge in [-0.2, -0.15) is 0 Å². The summed E-state index contributed by atoms with van der Waals surface area (Å²) in [5, 5.41) is 3.11. The molecule has 2 atom stereocenters. The molecular formula is C17H26N2O3S. The molecule has 5 nitrogen and oxygen atoms in total. The fourth-order valence-electron chi connectivity index (χ4n) is 3.02. The molecule has 6 heteroatoms. The third-order valence-corrected chi connectivity index (χ3v) is 5.62. The number of hydrogen-bond acceptors (Lipinski definition) is 3. The van der Waals surface area contributed by atoms with E-state index in [9.17, 15) is 13.2 Å². The van der Waals surface area contributed by atoms with Crippen LogP contribution >= 0.6 is 0 Å². The Bertz CT molecular complexity index is 628. The predicted molar refractivity (Wildman–Crippen MR) is 91.3 cm³/mol. The first-order chi connectivity index (χ1) is 10.8. The highest BCUT2D eigenvalue weighted by Crippen LogP contribution is 2.24. The largest absolute Gasteiger partial charge is 0.349 e. The van der Waals surface area contributed by atoms with E-state index in [2.05, 4.69) is 19.2 Å². The fraction of sp³-hybridized carbons (Fsp3) is 0.588. The summed E-state index contributed by atoms with van der Waals surface area (Å²) < 4.78 is 24.8. The molecule has 1 N–H and O–H groups in total. The van der Waals surface area contributed by atoms with Crippen molar-refractivity contribution in [3.05, 3.63) is 35.9 Å². The van der Waals surface area contributed by atoms with Crippen LogP contribution in [0.25, 0.3) is 0 Å². The highest BCUT2D eigenvalue weighted by atomic mass is 32.2. The molecular weight excluding hydrogens is 312 g/mol. The SMILES string of the molecule is CC(C)[C@H](NC(=O)[C@@H]1CCCN(S(C)(=O)=O)C1)c1ccccc1. The standard InChI is InChI=1S/C17H26N2O3S/c1-13(2)16(14-8-5-4-6-9-14)18-17(20)15-10-7-11-19(12-15)23(3,21)22/h4-6,8-9,13,15-16H,7,10-12H2,1-3H3,(H,18,20)/t15-,16+/m1/s1. The maximum atomic E-state index is 12.6. The zero-order chi connectivity index (χ0) is 17.0. The normalized spacial score (nSPS) is 21.1. The van der Waals surface area contributed by atoms with Gasteiger partial charge in [0.1, 0.15) is 0 Å². The van der Waals surface area contributed by atoms with Crippen molar-refractivity contribution in [3.8, 4) is 0 Å². The summed E-state index contributed by atoms with van der Waals surface area (Å²) >= 11 is 0. The summed E-state index contributed by atoms with van der Waals surface area (Å²) in [5.74, 6) is -0.0692. The maximum Gasteiger partial charge on any atom is 0.224 e. The van der Waals surface area contributed by atoms with Gasteiger partial charge >= 0.3 is 0 Å². The average Bonchev–Trinajstić information content (AvgIpc) is 2.52. The minimum absolute atomic E-state index is 0.0547. The first kappa shape index (κ1) is 17.9. The van der Waals surface area contributed by atoms with Crippen molar-refractivity contribution < 1.29 is 13.2 Å². The molecule has 0 saturated carbocycles. The van der Waals surface area contributed by atoms with E-state index in [0.29, 0.717) is 6.54 Å². The number of carbonyl (C=O) groups is 1. The summed E-state index contributed by atoms with van der Waals surface area (Å²) in [6.45, 7) is 4.93. The van der Waals surface area contributed by atoms with Crippen LogP contribution in [0.3, 0.4) is 0 Å². The summed E-state index contributed by atoms with van der Waals surface area (Å²) in [4.78, 5) is 12.6. The molecule has 128 valence electrons. The van der Waals surface area contributed by atoms with Gasteiger partial charge < -0.3 is 5.32 Å². The topological polar surface area (TPSA) is 66.5 Å². The number of hydrogen-bond donors (Lipinski definition) is 1. The number of nitrogens with one attached hydrogen (secondary N) is 1. The lowest BCUT2D eigenvalue weighted by Crippen LogP contribution is -2.46. The van der Waals surface area contributed by atoms with Crippen molar-refractivity contribution in [2.24, 2.45) is 11.8 Å². The van der Waals surface area contributed by atoms with Gasteiger partial charge in [0.25, 0.3) is 0 Å². The second-order valence-corrected chi connectivity index (χ2v) is 8.58. The van der Waals surface area contributed by atoms with Crippen molar-refractivity contribution in [1.29, 1.82) is 0 Å². The smallest absolute Gasteiger partial charge is 0.224 e. The van der Waals surface area contributed by atoms with E-state index in [-0.39, 0.29) is 30.3 Å². The first-order valence-corrected chi connectivity index (χ1v) is 9.94. The van der Waals surface area contributed by atoms with Gasteiger partial charge in [-0.1, -0.05) is 44.2 Å². The minimum atomic E-state index is -3.24. The van der Waals surface area contributed by atoms with Crippen molar-refractivity contribution in [3.63, 3.8) is 0 Å². The molecule has 0 spiro atoms. The summed E-state index contributed by atoms with van der Waals surface area (Å²) in [6, 6.07) is 9.83. The number of benzene rings is 1. The van der Waals surface area contributed by atoms with Crippen molar-refractivity contribution in [2.45, 2.75) is 32.7 Å². The van der Waals surface area contributed by atoms with Gasteiger partial charge in [-0.3, -0.25) is 4.79 Å². The van der Waals surface area contributed by atoms with Gasteiger partial charge in [0.05, 0.1) is 18.2 Å². The van der Waals surface area contributed by atoms with E-state index >= 15 is 0 Å². The Labute approximate surface area is 139 Å². The molecule has 1 fully saturated rings. The fourth-order valence-corrected chi connectivity index (χ4v) is 3.94. The molecule has 1 amide bonds. The second-order valence-electron chi connectivity index (χ2n) is 6.60. The van der Waals surface area contributed by atoms with E-state index in [1.807, 2.05) is 30.3 Å². The third kappa shape index (κ3) is 4.78. The molecule has 23 heavy (non-hydrogen) atoms. The van der Waals surface area contributed by atoms with E-state index in [1.54, 1.807) is 0 Å². The molecule has 0 radical (unpaired) electrons. The van der Waals surface area contributed by atoms with Crippen molar-refractivity contribution in [1.82, 2.24) is 9.62 Å². The number of amides is 1. The molecule has 1 saturated heterocycles. The van der Waals surface area contributed by atoms with E-state index < -0.39 is 10.0 Å². The quantitative estimate of drug-likeness (QED) is 0.895. The average molecular weight is 338 g/mol. The molecule has 2 rings (SSSR count). The zero-order valence-electron chi connectivity index (χ0n) is 14.0. The van der Waals surface area contributed by atoms with Crippen LogP contribution < -0.4 is 5.32 Å². The molecule has 0 bridgehead atoms. The monoisotopic (exact) mass is 338 g/mol. The molecule has 0 unspecified atom stereocenters. The molecule has 1 aliphatic heterocycles. The van der Waals surface area contributed by atoms with Crippen LogP contribution in [0.15, 0.2) is 30.3 Å². The Balaban J connectivity index is 2.07. The number of rotatable bonds is 5. The van der Waals surface area contributed by atoms with Gasteiger partial charge in [0, 0.05) is 13.1 Å². The Morgan fingerprint density at radius 1 is 1.26 bits per heavy atom. The van der Waals surface area contributed by atoms with Crippen molar-refractivity contribution in [2.75, 3.05) is 19.3 Å². The maximum absolute atomic E-state index is 12.6. The third-order valence-electron chi connectivity index (χ3n) is 4.35. The van der Waals surface area contributed by atoms with Crippen LogP contribution in [0.1, 0.15) is 38.3 Å². The Kier molecular flexibility index (Phi) is 5.81. The Morgan fingerprint density at radius 2 is 1.91 bits per heavy atom. The van der Waals surface area contributed by atoms with Crippen LogP contribution in [0, 0.1) is 11.8 Å². The van der Waals surface area contributed by atoms with Gasteiger partial charge in [-0.05, 0) is 24.3 Å². The molecule has 1 aromatic carbocycles. The zero-order valence-corrected chi connectivity index (χ0v) is 14.8. The van der Waals surface area contributed by atoms with E-state index in [0.717, 1.165) is 18.4 Å². The lowest BCUT2D eigenvalue weighted by atomic mass is 9.93. The number of nitrogens with zero attached hydrogens (tertiary/aromatic N) is 1. The highest BCUT2D eigenvalue weighted by Gasteiger charge is 2.31. The van der Waals surface area contributed by atoms with E-state index in [1.165, 1.54) is 10.6 Å². The van der Waals surface area contributed by atoms with Crippen molar-refractivity contribution >= 4 is 15.9 Å². The summed E-state index contributed by atoms with van der Waals surface area (Å²) in [7, 11) is -3.24. The van der Waals surface area contributed by atoms with Crippen LogP contribution in [0.4, 0.5) is 0 Å². The molecule has 1 aromatic rings. The summed E-state index contributed by atoms with van der Waals surface area (Å²) in [6.07, 6.45) is 2.66. The Hall–Kier alpha value is -1.40. The molecule has 0 aliphatic carbocycles. The van der Waals surface area contributed by atoms with Crippen LogP contribution in [0.2, 0.25) is 0 Å². The lowest BCUT2D eigenvalue weighted by Gasteiger charge is -2.32. The number of sulfonamides is 1. The van der Waals surface area contributed by atoms with Gasteiger partial charge in [0.2, 0.25) is 15.9 Å². The van der Waals surface area contributed by atoms with Gasteiger partial charge in [-0.15, -0.1) is 0 Å². The molecule has 1 aliphatic rings. The number of carbonyl (C=O) groups excluding carboxylic acids is 1. The van der Waals surface area contributed by atoms with E-state index in [4.69, 9.17) is 0 Å². The van der Waals surface area contributed by atoms with Crippen LogP contribution in [-0.4, -0.2) is 38.0 Å². The second kappa shape index (κ2) is 7.45. The van der Waals surface area contributed by atoms with Crippen LogP contribution in [-0.2, 0) is 14.8 Å². The predicted octanol–water partition coefficient (Wildman–Crippen LogP) is 2.17. The molecule has 1 heterocycles. The van der Waals surface area contributed by atoms with Gasteiger partial charge in [-0.25, -0.2) is 12.7 Å². The molecule has 0 aromatic heterocycles.